The average Bonchev–Trinajstić information content (AvgIpc) is 2.54. The summed E-state index contributed by atoms with van der Waals surface area (Å²) in [7, 11) is 0. The van der Waals surface area contributed by atoms with E-state index in [4.69, 9.17) is 0 Å². The van der Waals surface area contributed by atoms with Crippen LogP contribution in [0.5, 0.6) is 0 Å². The number of aromatic nitrogens is 1. The molecule has 2 aromatic heterocycles. The van der Waals surface area contributed by atoms with Crippen LogP contribution in [0.3, 0.4) is 0 Å². The van der Waals surface area contributed by atoms with Gasteiger partial charge in [0.2, 0.25) is 0 Å². The molecule has 2 nitrogen and oxygen atoms in total. The molecule has 0 fully saturated rings. The Morgan fingerprint density at radius 1 is 1.25 bits per heavy atom. The molecule has 16 heavy (non-hydrogen) atoms. The zero-order chi connectivity index (χ0) is 11.9. The first-order valence-corrected chi connectivity index (χ1v) is 5.52. The van der Waals surface area contributed by atoms with Crippen molar-refractivity contribution < 1.29 is 4.79 Å². The highest BCUT2D eigenvalue weighted by molar-refractivity contribution is 6.02. The van der Waals surface area contributed by atoms with E-state index in [2.05, 4.69) is 0 Å². The molecule has 0 aromatic carbocycles. The van der Waals surface area contributed by atoms with Gasteiger partial charge in [-0.05, 0) is 24.6 Å². The van der Waals surface area contributed by atoms with Crippen molar-refractivity contribution in [3.8, 4) is 0 Å². The lowest BCUT2D eigenvalue weighted by atomic mass is 9.86. The van der Waals surface area contributed by atoms with Crippen molar-refractivity contribution in [2.75, 3.05) is 0 Å². The van der Waals surface area contributed by atoms with Crippen LogP contribution in [0.4, 0.5) is 0 Å². The molecule has 0 aliphatic rings. The Bertz CT molecular complexity index is 543. The molecule has 0 aliphatic heterocycles. The van der Waals surface area contributed by atoms with E-state index in [0.29, 0.717) is 0 Å². The minimum absolute atomic E-state index is 0.203. The topological polar surface area (TPSA) is 21.5 Å². The molecule has 2 aromatic rings. The summed E-state index contributed by atoms with van der Waals surface area (Å²) in [4.78, 5) is 12.2. The molecule has 0 bridgehead atoms. The van der Waals surface area contributed by atoms with Crippen LogP contribution in [0.15, 0.2) is 30.6 Å². The van der Waals surface area contributed by atoms with Crippen LogP contribution in [-0.2, 0) is 0 Å². The average molecular weight is 215 g/mol. The van der Waals surface area contributed by atoms with E-state index in [1.807, 2.05) is 62.7 Å². The Balaban J connectivity index is 2.63. The van der Waals surface area contributed by atoms with Crippen LogP contribution >= 0.6 is 0 Å². The van der Waals surface area contributed by atoms with Gasteiger partial charge in [0.25, 0.3) is 0 Å². The van der Waals surface area contributed by atoms with E-state index >= 15 is 0 Å². The van der Waals surface area contributed by atoms with Gasteiger partial charge in [-0.2, -0.15) is 0 Å². The molecule has 2 rings (SSSR count). The fourth-order valence-corrected chi connectivity index (χ4v) is 1.89. The number of carbonyl (C=O) groups is 1. The lowest BCUT2D eigenvalue weighted by Gasteiger charge is -2.15. The van der Waals surface area contributed by atoms with Crippen LogP contribution in [0.2, 0.25) is 0 Å². The van der Waals surface area contributed by atoms with E-state index in [0.717, 1.165) is 16.6 Å². The lowest BCUT2D eigenvalue weighted by Crippen LogP contribution is -2.20. The summed E-state index contributed by atoms with van der Waals surface area (Å²) in [6, 6.07) is 6.00. The number of fused-ring (bicyclic) bond motifs is 1. The van der Waals surface area contributed by atoms with Gasteiger partial charge in [0.1, 0.15) is 0 Å². The van der Waals surface area contributed by atoms with Gasteiger partial charge in [-0.1, -0.05) is 26.8 Å². The van der Waals surface area contributed by atoms with Crippen molar-refractivity contribution in [3.05, 3.63) is 41.7 Å². The van der Waals surface area contributed by atoms with Crippen LogP contribution in [0.25, 0.3) is 5.52 Å². The smallest absolute Gasteiger partial charge is 0.169 e. The second-order valence-corrected chi connectivity index (χ2v) is 5.24. The molecule has 0 saturated carbocycles. The quantitative estimate of drug-likeness (QED) is 0.667. The molecule has 0 amide bonds. The highest BCUT2D eigenvalue weighted by Gasteiger charge is 2.25. The molecule has 0 saturated heterocycles. The zero-order valence-electron chi connectivity index (χ0n) is 10.2. The third-order valence-corrected chi connectivity index (χ3v) is 2.87. The van der Waals surface area contributed by atoms with Crippen LogP contribution in [0.1, 0.15) is 36.7 Å². The van der Waals surface area contributed by atoms with Crippen LogP contribution < -0.4 is 0 Å². The fraction of sp³-hybridized carbons (Fsp3) is 0.357. The monoisotopic (exact) mass is 215 g/mol. The minimum Gasteiger partial charge on any atom is -0.323 e. The van der Waals surface area contributed by atoms with Gasteiger partial charge in [0.05, 0.1) is 0 Å². The molecule has 0 radical (unpaired) electrons. The summed E-state index contributed by atoms with van der Waals surface area (Å²) in [6.07, 6.45) is 3.90. The summed E-state index contributed by atoms with van der Waals surface area (Å²) in [6.45, 7) is 7.87. The number of carbonyl (C=O) groups excluding carboxylic acids is 1. The molecule has 0 N–H and O–H groups in total. The number of aryl methyl sites for hydroxylation is 1. The van der Waals surface area contributed by atoms with E-state index < -0.39 is 0 Å². The van der Waals surface area contributed by atoms with Crippen molar-refractivity contribution >= 4 is 11.3 Å². The summed E-state index contributed by atoms with van der Waals surface area (Å²) in [5.41, 5.74) is 2.68. The maximum atomic E-state index is 12.2. The Morgan fingerprint density at radius 3 is 2.50 bits per heavy atom. The Labute approximate surface area is 95.9 Å². The third-order valence-electron chi connectivity index (χ3n) is 2.87. The second-order valence-electron chi connectivity index (χ2n) is 5.24. The molecule has 0 aliphatic carbocycles. The van der Waals surface area contributed by atoms with Crippen molar-refractivity contribution in [2.45, 2.75) is 27.7 Å². The number of hydrogen-bond acceptors (Lipinski definition) is 1. The van der Waals surface area contributed by atoms with E-state index in [9.17, 15) is 4.79 Å². The Kier molecular flexibility index (Phi) is 2.38. The normalized spacial score (nSPS) is 12.0. The number of nitrogens with zero attached hydrogens (tertiary/aromatic N) is 1. The predicted molar refractivity (Wildman–Crippen MR) is 65.9 cm³/mol. The molecule has 2 heteroatoms. The first-order valence-electron chi connectivity index (χ1n) is 5.52. The minimum atomic E-state index is -0.324. The van der Waals surface area contributed by atoms with Gasteiger partial charge in [0.15, 0.2) is 5.78 Å². The SMILES string of the molecule is Cc1c(C(=O)C(C)(C)C)cn2ccccc12. The van der Waals surface area contributed by atoms with Gasteiger partial charge in [-0.15, -0.1) is 0 Å². The highest BCUT2D eigenvalue weighted by Crippen LogP contribution is 2.26. The van der Waals surface area contributed by atoms with Gasteiger partial charge in [-0.25, -0.2) is 0 Å². The molecule has 0 spiro atoms. The molecule has 0 unspecified atom stereocenters. The maximum Gasteiger partial charge on any atom is 0.169 e. The number of ketones is 1. The summed E-state index contributed by atoms with van der Waals surface area (Å²) >= 11 is 0. The van der Waals surface area contributed by atoms with Gasteiger partial charge in [-0.3, -0.25) is 4.79 Å². The van der Waals surface area contributed by atoms with E-state index in [1.165, 1.54) is 0 Å². The molecule has 84 valence electrons. The Hall–Kier alpha value is -1.57. The van der Waals surface area contributed by atoms with Gasteiger partial charge in [0, 0.05) is 28.9 Å². The van der Waals surface area contributed by atoms with Crippen LogP contribution in [-0.4, -0.2) is 10.2 Å². The first-order chi connectivity index (χ1) is 7.41. The van der Waals surface area contributed by atoms with E-state index in [1.54, 1.807) is 0 Å². The van der Waals surface area contributed by atoms with Crippen LogP contribution in [0, 0.1) is 12.3 Å². The summed E-state index contributed by atoms with van der Waals surface area (Å²) < 4.78 is 2.01. The largest absolute Gasteiger partial charge is 0.323 e. The second kappa shape index (κ2) is 3.48. The number of rotatable bonds is 1. The van der Waals surface area contributed by atoms with Crippen molar-refractivity contribution in [1.82, 2.24) is 4.40 Å². The van der Waals surface area contributed by atoms with Gasteiger partial charge < -0.3 is 4.40 Å². The van der Waals surface area contributed by atoms with Gasteiger partial charge >= 0.3 is 0 Å². The standard InChI is InChI=1S/C14H17NO/c1-10-11(13(16)14(2,3)4)9-15-8-6-5-7-12(10)15/h5-9H,1-4H3. The van der Waals surface area contributed by atoms with Crippen molar-refractivity contribution in [1.29, 1.82) is 0 Å². The third kappa shape index (κ3) is 1.64. The highest BCUT2D eigenvalue weighted by atomic mass is 16.1. The Morgan fingerprint density at radius 2 is 1.94 bits per heavy atom. The molecular weight excluding hydrogens is 198 g/mol. The first kappa shape index (κ1) is 10.9. The van der Waals surface area contributed by atoms with Crippen molar-refractivity contribution in [2.24, 2.45) is 5.41 Å². The fourth-order valence-electron chi connectivity index (χ4n) is 1.89. The molecule has 0 atom stereocenters. The van der Waals surface area contributed by atoms with E-state index in [-0.39, 0.29) is 11.2 Å². The summed E-state index contributed by atoms with van der Waals surface area (Å²) in [5.74, 6) is 0.203. The summed E-state index contributed by atoms with van der Waals surface area (Å²) in [5, 5.41) is 0. The molecular formula is C14H17NO. The number of pyridine rings is 1. The zero-order valence-corrected chi connectivity index (χ0v) is 10.2. The van der Waals surface area contributed by atoms with Crippen molar-refractivity contribution in [3.63, 3.8) is 0 Å². The maximum absolute atomic E-state index is 12.2. The number of hydrogen-bond donors (Lipinski definition) is 0. The molecule has 2 heterocycles. The predicted octanol–water partition coefficient (Wildman–Crippen LogP) is 3.48. The number of Topliss-reactive ketones (excluding diaryl/α,β-unsaturated/α-hetero) is 1. The lowest BCUT2D eigenvalue weighted by molar-refractivity contribution is 0.0858.